The summed E-state index contributed by atoms with van der Waals surface area (Å²) in [5.41, 5.74) is 0.957. The van der Waals surface area contributed by atoms with Crippen LogP contribution in [0.15, 0.2) is 24.3 Å². The van der Waals surface area contributed by atoms with Crippen molar-refractivity contribution in [3.63, 3.8) is 0 Å². The standard InChI is InChI=1S/C17H26N2O2/c1-2-3-11-19(13-15-5-4-10-18-15)17(21)12-14-6-8-16(20)9-7-14/h6-9,15,18,20H,2-5,10-13H2,1H3. The number of benzene rings is 1. The number of nitrogens with zero attached hydrogens (tertiary/aromatic N) is 1. The van der Waals surface area contributed by atoms with E-state index in [1.807, 2.05) is 17.0 Å². The number of rotatable bonds is 7. The van der Waals surface area contributed by atoms with Gasteiger partial charge in [-0.25, -0.2) is 0 Å². The van der Waals surface area contributed by atoms with Gasteiger partial charge in [-0.15, -0.1) is 0 Å². The van der Waals surface area contributed by atoms with E-state index in [4.69, 9.17) is 0 Å². The number of phenolic OH excluding ortho intramolecular Hbond substituents is 1. The molecule has 1 unspecified atom stereocenters. The highest BCUT2D eigenvalue weighted by molar-refractivity contribution is 5.78. The van der Waals surface area contributed by atoms with Gasteiger partial charge in [-0.05, 0) is 43.5 Å². The summed E-state index contributed by atoms with van der Waals surface area (Å²) in [5, 5.41) is 12.8. The second kappa shape index (κ2) is 8.03. The predicted molar refractivity (Wildman–Crippen MR) is 84.3 cm³/mol. The monoisotopic (exact) mass is 290 g/mol. The molecule has 2 N–H and O–H groups in total. The number of phenols is 1. The molecular weight excluding hydrogens is 264 g/mol. The highest BCUT2D eigenvalue weighted by Gasteiger charge is 2.21. The first-order chi connectivity index (χ1) is 10.2. The highest BCUT2D eigenvalue weighted by atomic mass is 16.3. The molecule has 4 nitrogen and oxygen atoms in total. The maximum atomic E-state index is 12.5. The molecular formula is C17H26N2O2. The summed E-state index contributed by atoms with van der Waals surface area (Å²) in [6.07, 6.45) is 4.93. The summed E-state index contributed by atoms with van der Waals surface area (Å²) in [5.74, 6) is 0.423. The molecule has 1 saturated heterocycles. The Morgan fingerprint density at radius 3 is 2.76 bits per heavy atom. The summed E-state index contributed by atoms with van der Waals surface area (Å²) < 4.78 is 0. The quantitative estimate of drug-likeness (QED) is 0.810. The number of amides is 1. The van der Waals surface area contributed by atoms with Crippen molar-refractivity contribution < 1.29 is 9.90 Å². The van der Waals surface area contributed by atoms with E-state index in [2.05, 4.69) is 12.2 Å². The largest absolute Gasteiger partial charge is 0.508 e. The fourth-order valence-corrected chi connectivity index (χ4v) is 2.75. The topological polar surface area (TPSA) is 52.6 Å². The van der Waals surface area contributed by atoms with Gasteiger partial charge in [0, 0.05) is 19.1 Å². The maximum absolute atomic E-state index is 12.5. The summed E-state index contributed by atoms with van der Waals surface area (Å²) in [6, 6.07) is 7.36. The van der Waals surface area contributed by atoms with Crippen LogP contribution < -0.4 is 5.32 Å². The van der Waals surface area contributed by atoms with Crippen LogP contribution in [-0.4, -0.2) is 41.6 Å². The Balaban J connectivity index is 1.93. The molecule has 0 saturated carbocycles. The van der Waals surface area contributed by atoms with E-state index in [1.165, 1.54) is 6.42 Å². The van der Waals surface area contributed by atoms with Gasteiger partial charge < -0.3 is 15.3 Å². The second-order valence-corrected chi connectivity index (χ2v) is 5.83. The van der Waals surface area contributed by atoms with Gasteiger partial charge in [0.15, 0.2) is 0 Å². The minimum Gasteiger partial charge on any atom is -0.508 e. The van der Waals surface area contributed by atoms with Crippen molar-refractivity contribution >= 4 is 5.91 Å². The number of hydrogen-bond acceptors (Lipinski definition) is 3. The Labute approximate surface area is 127 Å². The third kappa shape index (κ3) is 5.05. The molecule has 1 atom stereocenters. The van der Waals surface area contributed by atoms with E-state index in [1.54, 1.807) is 12.1 Å². The molecule has 0 bridgehead atoms. The van der Waals surface area contributed by atoms with Crippen LogP contribution in [0.25, 0.3) is 0 Å². The third-order valence-electron chi connectivity index (χ3n) is 4.03. The minimum atomic E-state index is 0.183. The van der Waals surface area contributed by atoms with Crippen molar-refractivity contribution in [1.29, 1.82) is 0 Å². The van der Waals surface area contributed by atoms with Crippen molar-refractivity contribution in [3.05, 3.63) is 29.8 Å². The molecule has 0 radical (unpaired) electrons. The molecule has 2 rings (SSSR count). The minimum absolute atomic E-state index is 0.183. The zero-order valence-electron chi connectivity index (χ0n) is 12.8. The average molecular weight is 290 g/mol. The lowest BCUT2D eigenvalue weighted by atomic mass is 10.1. The molecule has 1 aliphatic heterocycles. The van der Waals surface area contributed by atoms with E-state index in [9.17, 15) is 9.90 Å². The molecule has 0 aromatic heterocycles. The molecule has 1 heterocycles. The van der Waals surface area contributed by atoms with Gasteiger partial charge in [-0.1, -0.05) is 25.5 Å². The number of unbranched alkanes of at least 4 members (excludes halogenated alkanes) is 1. The van der Waals surface area contributed by atoms with Crippen LogP contribution in [0, 0.1) is 0 Å². The fourth-order valence-electron chi connectivity index (χ4n) is 2.75. The van der Waals surface area contributed by atoms with Crippen LogP contribution in [0.4, 0.5) is 0 Å². The molecule has 1 fully saturated rings. The lowest BCUT2D eigenvalue weighted by molar-refractivity contribution is -0.130. The van der Waals surface area contributed by atoms with E-state index in [-0.39, 0.29) is 11.7 Å². The molecule has 4 heteroatoms. The molecule has 1 amide bonds. The Kier molecular flexibility index (Phi) is 6.05. The van der Waals surface area contributed by atoms with Crippen molar-refractivity contribution in [2.24, 2.45) is 0 Å². The zero-order valence-corrected chi connectivity index (χ0v) is 12.8. The number of carbonyl (C=O) groups excluding carboxylic acids is 1. The van der Waals surface area contributed by atoms with E-state index in [0.717, 1.165) is 44.5 Å². The molecule has 21 heavy (non-hydrogen) atoms. The highest BCUT2D eigenvalue weighted by Crippen LogP contribution is 2.13. The van der Waals surface area contributed by atoms with Crippen LogP contribution in [0.3, 0.4) is 0 Å². The van der Waals surface area contributed by atoms with E-state index >= 15 is 0 Å². The number of carbonyl (C=O) groups is 1. The van der Waals surface area contributed by atoms with Crippen LogP contribution in [-0.2, 0) is 11.2 Å². The number of aromatic hydroxyl groups is 1. The fraction of sp³-hybridized carbons (Fsp3) is 0.588. The first-order valence-corrected chi connectivity index (χ1v) is 7.98. The van der Waals surface area contributed by atoms with Crippen LogP contribution in [0.5, 0.6) is 5.75 Å². The lowest BCUT2D eigenvalue weighted by Crippen LogP contribution is -2.42. The summed E-state index contributed by atoms with van der Waals surface area (Å²) >= 11 is 0. The average Bonchev–Trinajstić information content (AvgIpc) is 2.98. The Bertz CT molecular complexity index is 439. The Morgan fingerprint density at radius 2 is 2.14 bits per heavy atom. The zero-order chi connectivity index (χ0) is 15.1. The van der Waals surface area contributed by atoms with Crippen molar-refractivity contribution in [1.82, 2.24) is 10.2 Å². The van der Waals surface area contributed by atoms with E-state index in [0.29, 0.717) is 12.5 Å². The SMILES string of the molecule is CCCCN(CC1CCCN1)C(=O)Cc1ccc(O)cc1. The third-order valence-corrected chi connectivity index (χ3v) is 4.03. The number of hydrogen-bond donors (Lipinski definition) is 2. The second-order valence-electron chi connectivity index (χ2n) is 5.83. The van der Waals surface area contributed by atoms with Gasteiger partial charge in [0.2, 0.25) is 5.91 Å². The van der Waals surface area contributed by atoms with Gasteiger partial charge in [-0.2, -0.15) is 0 Å². The maximum Gasteiger partial charge on any atom is 0.227 e. The predicted octanol–water partition coefficient (Wildman–Crippen LogP) is 2.32. The van der Waals surface area contributed by atoms with Crippen LogP contribution in [0.2, 0.25) is 0 Å². The van der Waals surface area contributed by atoms with Gasteiger partial charge in [0.25, 0.3) is 0 Å². The van der Waals surface area contributed by atoms with Crippen LogP contribution >= 0.6 is 0 Å². The molecule has 1 aromatic carbocycles. The van der Waals surface area contributed by atoms with Gasteiger partial charge in [-0.3, -0.25) is 4.79 Å². The molecule has 116 valence electrons. The first-order valence-electron chi connectivity index (χ1n) is 7.98. The molecule has 1 aliphatic rings. The summed E-state index contributed by atoms with van der Waals surface area (Å²) in [4.78, 5) is 14.5. The van der Waals surface area contributed by atoms with Crippen LogP contribution in [0.1, 0.15) is 38.2 Å². The first kappa shape index (κ1) is 15.8. The normalized spacial score (nSPS) is 17.9. The number of nitrogens with one attached hydrogen (secondary N) is 1. The molecule has 0 spiro atoms. The van der Waals surface area contributed by atoms with Gasteiger partial charge in [0.1, 0.15) is 5.75 Å². The van der Waals surface area contributed by atoms with Crippen molar-refractivity contribution in [2.75, 3.05) is 19.6 Å². The summed E-state index contributed by atoms with van der Waals surface area (Å²) in [6.45, 7) is 4.87. The van der Waals surface area contributed by atoms with Crippen molar-refractivity contribution in [3.8, 4) is 5.75 Å². The lowest BCUT2D eigenvalue weighted by Gasteiger charge is -2.26. The van der Waals surface area contributed by atoms with Crippen molar-refractivity contribution in [2.45, 2.75) is 45.1 Å². The van der Waals surface area contributed by atoms with Gasteiger partial charge in [0.05, 0.1) is 6.42 Å². The summed E-state index contributed by atoms with van der Waals surface area (Å²) in [7, 11) is 0. The van der Waals surface area contributed by atoms with E-state index < -0.39 is 0 Å². The molecule has 1 aromatic rings. The Hall–Kier alpha value is -1.55. The smallest absolute Gasteiger partial charge is 0.227 e. The van der Waals surface area contributed by atoms with Gasteiger partial charge >= 0.3 is 0 Å². The Morgan fingerprint density at radius 1 is 1.38 bits per heavy atom. The molecule has 0 aliphatic carbocycles.